The van der Waals surface area contributed by atoms with E-state index in [9.17, 15) is 9.18 Å². The maximum atomic E-state index is 13.1. The molecule has 2 heterocycles. The Morgan fingerprint density at radius 2 is 1.87 bits per heavy atom. The van der Waals surface area contributed by atoms with Crippen molar-refractivity contribution in [2.24, 2.45) is 16.6 Å². The van der Waals surface area contributed by atoms with Crippen molar-refractivity contribution < 1.29 is 9.18 Å². The number of nitrogens with one attached hydrogen (secondary N) is 1. The standard InChI is InChI=1S/C21H28FN7O/c1-2-24-20(28-10-12-29(13-11-28)21-25-8-3-9-26-21)27-15-17(19(23)30)14-16-4-6-18(22)7-5-16/h3-9,17H,2,10-15H2,1H3,(H2,23,30)(H,24,27). The number of rotatable bonds is 7. The molecule has 8 nitrogen and oxygen atoms in total. The van der Waals surface area contributed by atoms with Crippen molar-refractivity contribution in [3.05, 3.63) is 54.1 Å². The summed E-state index contributed by atoms with van der Waals surface area (Å²) in [6, 6.07) is 7.92. The van der Waals surface area contributed by atoms with E-state index in [1.54, 1.807) is 30.6 Å². The van der Waals surface area contributed by atoms with Crippen LogP contribution in [-0.2, 0) is 11.2 Å². The molecular formula is C21H28FN7O. The number of primary amides is 1. The Hall–Kier alpha value is -3.23. The minimum atomic E-state index is -0.455. The largest absolute Gasteiger partial charge is 0.369 e. The Morgan fingerprint density at radius 3 is 2.47 bits per heavy atom. The number of benzene rings is 1. The molecule has 1 unspecified atom stereocenters. The van der Waals surface area contributed by atoms with E-state index in [0.29, 0.717) is 6.42 Å². The van der Waals surface area contributed by atoms with Crippen LogP contribution in [0.2, 0.25) is 0 Å². The van der Waals surface area contributed by atoms with Crippen LogP contribution in [0.4, 0.5) is 10.3 Å². The molecule has 1 aliphatic heterocycles. The molecule has 1 amide bonds. The van der Waals surface area contributed by atoms with Crippen LogP contribution in [0.25, 0.3) is 0 Å². The molecule has 1 aromatic heterocycles. The maximum absolute atomic E-state index is 13.1. The van der Waals surface area contributed by atoms with Crippen LogP contribution in [0, 0.1) is 11.7 Å². The number of nitrogens with zero attached hydrogens (tertiary/aromatic N) is 5. The van der Waals surface area contributed by atoms with E-state index >= 15 is 0 Å². The van der Waals surface area contributed by atoms with Gasteiger partial charge in [0.15, 0.2) is 5.96 Å². The van der Waals surface area contributed by atoms with Gasteiger partial charge < -0.3 is 20.9 Å². The van der Waals surface area contributed by atoms with E-state index in [1.807, 2.05) is 6.92 Å². The predicted octanol–water partition coefficient (Wildman–Crippen LogP) is 1.05. The second kappa shape index (κ2) is 10.5. The summed E-state index contributed by atoms with van der Waals surface area (Å²) in [5, 5.41) is 3.30. The first-order valence-corrected chi connectivity index (χ1v) is 10.2. The summed E-state index contributed by atoms with van der Waals surface area (Å²) in [7, 11) is 0. The Kier molecular flexibility index (Phi) is 7.53. The lowest BCUT2D eigenvalue weighted by Gasteiger charge is -2.36. The highest BCUT2D eigenvalue weighted by molar-refractivity contribution is 5.81. The van der Waals surface area contributed by atoms with Gasteiger partial charge in [-0.3, -0.25) is 9.79 Å². The molecule has 0 spiro atoms. The van der Waals surface area contributed by atoms with Crippen molar-refractivity contribution in [3.8, 4) is 0 Å². The van der Waals surface area contributed by atoms with Crippen molar-refractivity contribution in [2.75, 3.05) is 44.2 Å². The lowest BCUT2D eigenvalue weighted by atomic mass is 9.99. The van der Waals surface area contributed by atoms with E-state index in [2.05, 4.69) is 30.1 Å². The van der Waals surface area contributed by atoms with Crippen LogP contribution < -0.4 is 16.0 Å². The fraction of sp³-hybridized carbons (Fsp3) is 0.429. The van der Waals surface area contributed by atoms with Gasteiger partial charge in [0.1, 0.15) is 5.82 Å². The molecule has 9 heteroatoms. The zero-order valence-electron chi connectivity index (χ0n) is 17.2. The van der Waals surface area contributed by atoms with Gasteiger partial charge in [0.05, 0.1) is 12.5 Å². The summed E-state index contributed by atoms with van der Waals surface area (Å²) in [6.07, 6.45) is 3.91. The van der Waals surface area contributed by atoms with Gasteiger partial charge in [-0.25, -0.2) is 14.4 Å². The number of aromatic nitrogens is 2. The number of aliphatic imine (C=N–C) groups is 1. The normalized spacial score (nSPS) is 15.7. The van der Waals surface area contributed by atoms with Gasteiger partial charge in [-0.2, -0.15) is 0 Å². The molecule has 1 aliphatic rings. The molecule has 1 fully saturated rings. The summed E-state index contributed by atoms with van der Waals surface area (Å²) in [4.78, 5) is 29.5. The van der Waals surface area contributed by atoms with Crippen LogP contribution in [0.15, 0.2) is 47.7 Å². The van der Waals surface area contributed by atoms with E-state index in [-0.39, 0.29) is 12.4 Å². The number of amides is 1. The summed E-state index contributed by atoms with van der Waals surface area (Å²) in [6.45, 7) is 6.10. The first-order valence-electron chi connectivity index (χ1n) is 10.2. The van der Waals surface area contributed by atoms with Crippen LogP contribution in [0.1, 0.15) is 12.5 Å². The number of hydrogen-bond donors (Lipinski definition) is 2. The molecular weight excluding hydrogens is 385 g/mol. The summed E-state index contributed by atoms with van der Waals surface area (Å²) >= 11 is 0. The van der Waals surface area contributed by atoms with Gasteiger partial charge in [-0.15, -0.1) is 0 Å². The van der Waals surface area contributed by atoms with Gasteiger partial charge in [0, 0.05) is 45.1 Å². The van der Waals surface area contributed by atoms with Crippen molar-refractivity contribution in [1.82, 2.24) is 20.2 Å². The average molecular weight is 414 g/mol. The summed E-state index contributed by atoms with van der Waals surface area (Å²) in [5.74, 6) is 0.318. The Morgan fingerprint density at radius 1 is 1.20 bits per heavy atom. The van der Waals surface area contributed by atoms with E-state index in [1.165, 1.54) is 12.1 Å². The van der Waals surface area contributed by atoms with Crippen LogP contribution in [0.3, 0.4) is 0 Å². The number of nitrogens with two attached hydrogens (primary N) is 1. The fourth-order valence-electron chi connectivity index (χ4n) is 3.36. The summed E-state index contributed by atoms with van der Waals surface area (Å²) < 4.78 is 13.1. The number of guanidine groups is 1. The predicted molar refractivity (Wildman–Crippen MR) is 115 cm³/mol. The maximum Gasteiger partial charge on any atom is 0.225 e. The van der Waals surface area contributed by atoms with Gasteiger partial charge in [-0.1, -0.05) is 12.1 Å². The minimum Gasteiger partial charge on any atom is -0.369 e. The Labute approximate surface area is 176 Å². The highest BCUT2D eigenvalue weighted by Gasteiger charge is 2.22. The molecule has 1 saturated heterocycles. The molecule has 160 valence electrons. The van der Waals surface area contributed by atoms with E-state index in [4.69, 9.17) is 5.73 Å². The van der Waals surface area contributed by atoms with Crippen LogP contribution in [-0.4, -0.2) is 66.0 Å². The number of hydrogen-bond acceptors (Lipinski definition) is 5. The summed E-state index contributed by atoms with van der Waals surface area (Å²) in [5.41, 5.74) is 6.46. The first kappa shape index (κ1) is 21.5. The molecule has 30 heavy (non-hydrogen) atoms. The SMILES string of the molecule is CCNC(=NCC(Cc1ccc(F)cc1)C(N)=O)N1CCN(c2ncccn2)CC1. The molecule has 2 aromatic rings. The second-order valence-corrected chi connectivity index (χ2v) is 7.15. The number of carbonyl (C=O) groups is 1. The third-order valence-electron chi connectivity index (χ3n) is 5.01. The number of anilines is 1. The molecule has 0 radical (unpaired) electrons. The first-order chi connectivity index (χ1) is 14.6. The third-order valence-corrected chi connectivity index (χ3v) is 5.01. The van der Waals surface area contributed by atoms with Crippen molar-refractivity contribution in [2.45, 2.75) is 13.3 Å². The van der Waals surface area contributed by atoms with Crippen molar-refractivity contribution in [1.29, 1.82) is 0 Å². The van der Waals surface area contributed by atoms with Crippen molar-refractivity contribution >= 4 is 17.8 Å². The van der Waals surface area contributed by atoms with Gasteiger partial charge in [0.2, 0.25) is 11.9 Å². The zero-order valence-corrected chi connectivity index (χ0v) is 17.2. The fourth-order valence-corrected chi connectivity index (χ4v) is 3.36. The zero-order chi connectivity index (χ0) is 21.3. The second-order valence-electron chi connectivity index (χ2n) is 7.15. The smallest absolute Gasteiger partial charge is 0.225 e. The number of carbonyl (C=O) groups excluding carboxylic acids is 1. The van der Waals surface area contributed by atoms with Gasteiger partial charge in [0.25, 0.3) is 0 Å². The lowest BCUT2D eigenvalue weighted by Crippen LogP contribution is -2.53. The molecule has 0 saturated carbocycles. The molecule has 0 bridgehead atoms. The molecule has 3 N–H and O–H groups in total. The van der Waals surface area contributed by atoms with Crippen LogP contribution in [0.5, 0.6) is 0 Å². The Bertz CT molecular complexity index is 836. The number of piperazine rings is 1. The lowest BCUT2D eigenvalue weighted by molar-refractivity contribution is -0.121. The Balaban J connectivity index is 1.62. The quantitative estimate of drug-likeness (QED) is 0.520. The van der Waals surface area contributed by atoms with Gasteiger partial charge in [-0.05, 0) is 37.1 Å². The molecule has 3 rings (SSSR count). The van der Waals surface area contributed by atoms with E-state index in [0.717, 1.165) is 50.2 Å². The molecule has 0 aliphatic carbocycles. The third kappa shape index (κ3) is 5.88. The minimum absolute atomic E-state index is 0.275. The average Bonchev–Trinajstić information content (AvgIpc) is 2.77. The molecule has 1 atom stereocenters. The topological polar surface area (TPSA) is 99.7 Å². The van der Waals surface area contributed by atoms with Crippen molar-refractivity contribution in [3.63, 3.8) is 0 Å². The number of halogens is 1. The highest BCUT2D eigenvalue weighted by atomic mass is 19.1. The monoisotopic (exact) mass is 413 g/mol. The van der Waals surface area contributed by atoms with E-state index < -0.39 is 11.8 Å². The molecule has 1 aromatic carbocycles. The highest BCUT2D eigenvalue weighted by Crippen LogP contribution is 2.12. The van der Waals surface area contributed by atoms with Crippen LogP contribution >= 0.6 is 0 Å². The van der Waals surface area contributed by atoms with Gasteiger partial charge >= 0.3 is 0 Å².